The molecule has 2 heterocycles. The van der Waals surface area contributed by atoms with Crippen LogP contribution in [0.4, 0.5) is 5.95 Å². The molecule has 1 aliphatic heterocycles. The lowest BCUT2D eigenvalue weighted by molar-refractivity contribution is 0.575. The standard InChI is InChI=1S/C13H18N6O2S/c1-10-3-5-11(6-4-10)19-13(15-16-17-19)18-8-7-12(9-18)22(20,21)14-2/h3-6,12,14H,7-9H2,1-2H3. The fourth-order valence-electron chi connectivity index (χ4n) is 2.56. The van der Waals surface area contributed by atoms with Crippen LogP contribution >= 0.6 is 0 Å². The van der Waals surface area contributed by atoms with Gasteiger partial charge in [-0.15, -0.1) is 0 Å². The first-order valence-corrected chi connectivity index (χ1v) is 8.58. The lowest BCUT2D eigenvalue weighted by atomic mass is 10.2. The molecule has 1 aromatic heterocycles. The summed E-state index contributed by atoms with van der Waals surface area (Å²) in [5, 5.41) is 11.4. The van der Waals surface area contributed by atoms with Gasteiger partial charge in [0, 0.05) is 13.1 Å². The summed E-state index contributed by atoms with van der Waals surface area (Å²) >= 11 is 0. The smallest absolute Gasteiger partial charge is 0.250 e. The number of tetrazole rings is 1. The number of anilines is 1. The summed E-state index contributed by atoms with van der Waals surface area (Å²) in [6, 6.07) is 7.85. The largest absolute Gasteiger partial charge is 0.338 e. The third-order valence-corrected chi connectivity index (χ3v) is 5.71. The SMILES string of the molecule is CNS(=O)(=O)C1CCN(c2nnnn2-c2ccc(C)cc2)C1. The molecule has 0 amide bonds. The van der Waals surface area contributed by atoms with Gasteiger partial charge in [0.1, 0.15) is 0 Å². The van der Waals surface area contributed by atoms with Gasteiger partial charge in [0.15, 0.2) is 0 Å². The summed E-state index contributed by atoms with van der Waals surface area (Å²) in [6.07, 6.45) is 0.559. The van der Waals surface area contributed by atoms with Gasteiger partial charge >= 0.3 is 0 Å². The van der Waals surface area contributed by atoms with Crippen molar-refractivity contribution in [3.05, 3.63) is 29.8 Å². The van der Waals surface area contributed by atoms with Crippen LogP contribution in [0, 0.1) is 6.92 Å². The molecule has 1 unspecified atom stereocenters. The van der Waals surface area contributed by atoms with Gasteiger partial charge in [-0.3, -0.25) is 0 Å². The zero-order chi connectivity index (χ0) is 15.7. The molecular formula is C13H18N6O2S. The van der Waals surface area contributed by atoms with E-state index < -0.39 is 15.3 Å². The van der Waals surface area contributed by atoms with Crippen LogP contribution in [0.25, 0.3) is 5.69 Å². The molecule has 9 heteroatoms. The van der Waals surface area contributed by atoms with Crippen molar-refractivity contribution in [3.63, 3.8) is 0 Å². The van der Waals surface area contributed by atoms with Gasteiger partial charge in [0.25, 0.3) is 0 Å². The fraction of sp³-hybridized carbons (Fsp3) is 0.462. The second kappa shape index (κ2) is 5.65. The van der Waals surface area contributed by atoms with Crippen LogP contribution in [0.1, 0.15) is 12.0 Å². The van der Waals surface area contributed by atoms with Gasteiger partial charge in [-0.25, -0.2) is 13.1 Å². The molecule has 1 N–H and O–H groups in total. The lowest BCUT2D eigenvalue weighted by Crippen LogP contribution is -2.34. The van der Waals surface area contributed by atoms with Crippen molar-refractivity contribution >= 4 is 16.0 Å². The van der Waals surface area contributed by atoms with E-state index in [0.29, 0.717) is 25.5 Å². The quantitative estimate of drug-likeness (QED) is 0.858. The third-order valence-electron chi connectivity index (χ3n) is 3.88. The van der Waals surface area contributed by atoms with Gasteiger partial charge in [-0.1, -0.05) is 22.8 Å². The average molecular weight is 322 g/mol. The van der Waals surface area contributed by atoms with Crippen LogP contribution < -0.4 is 9.62 Å². The lowest BCUT2D eigenvalue weighted by Gasteiger charge is -2.17. The number of hydrogen-bond acceptors (Lipinski definition) is 6. The zero-order valence-electron chi connectivity index (χ0n) is 12.5. The Labute approximate surface area is 129 Å². The molecule has 0 aliphatic carbocycles. The Kier molecular flexibility index (Phi) is 3.83. The van der Waals surface area contributed by atoms with Crippen molar-refractivity contribution in [1.29, 1.82) is 0 Å². The van der Waals surface area contributed by atoms with Crippen LogP contribution in [-0.2, 0) is 10.0 Å². The third kappa shape index (κ3) is 2.69. The number of nitrogens with one attached hydrogen (secondary N) is 1. The minimum atomic E-state index is -3.27. The number of aromatic nitrogens is 4. The molecule has 8 nitrogen and oxygen atoms in total. The van der Waals surface area contributed by atoms with Gasteiger partial charge in [0.05, 0.1) is 10.9 Å². The van der Waals surface area contributed by atoms with Crippen LogP contribution in [0.15, 0.2) is 24.3 Å². The molecule has 1 atom stereocenters. The first-order valence-electron chi connectivity index (χ1n) is 7.04. The number of sulfonamides is 1. The molecular weight excluding hydrogens is 304 g/mol. The maximum absolute atomic E-state index is 11.9. The monoisotopic (exact) mass is 322 g/mol. The molecule has 118 valence electrons. The summed E-state index contributed by atoms with van der Waals surface area (Å²) in [5.41, 5.74) is 2.00. The van der Waals surface area contributed by atoms with E-state index in [2.05, 4.69) is 20.2 Å². The van der Waals surface area contributed by atoms with Crippen LogP contribution in [0.2, 0.25) is 0 Å². The van der Waals surface area contributed by atoms with Crippen molar-refractivity contribution in [2.24, 2.45) is 0 Å². The summed E-state index contributed by atoms with van der Waals surface area (Å²) in [6.45, 7) is 3.01. The molecule has 0 radical (unpaired) electrons. The van der Waals surface area contributed by atoms with Crippen molar-refractivity contribution in [2.75, 3.05) is 25.0 Å². The Balaban J connectivity index is 1.86. The summed E-state index contributed by atoms with van der Waals surface area (Å²) in [5.74, 6) is 0.567. The normalized spacial score (nSPS) is 18.8. The van der Waals surface area contributed by atoms with E-state index >= 15 is 0 Å². The average Bonchev–Trinajstić information content (AvgIpc) is 3.17. The highest BCUT2D eigenvalue weighted by molar-refractivity contribution is 7.90. The van der Waals surface area contributed by atoms with Crippen molar-refractivity contribution in [2.45, 2.75) is 18.6 Å². The Bertz CT molecular complexity index is 755. The predicted octanol–water partition coefficient (Wildman–Crippen LogP) is 0.0986. The van der Waals surface area contributed by atoms with Crippen molar-refractivity contribution < 1.29 is 8.42 Å². The summed E-state index contributed by atoms with van der Waals surface area (Å²) in [4.78, 5) is 1.90. The minimum Gasteiger partial charge on any atom is -0.338 e. The van der Waals surface area contributed by atoms with Gasteiger partial charge < -0.3 is 4.90 Å². The fourth-order valence-corrected chi connectivity index (χ4v) is 3.69. The topological polar surface area (TPSA) is 93.0 Å². The first kappa shape index (κ1) is 14.9. The molecule has 22 heavy (non-hydrogen) atoms. The van der Waals surface area contributed by atoms with E-state index in [1.54, 1.807) is 4.68 Å². The van der Waals surface area contributed by atoms with Crippen molar-refractivity contribution in [1.82, 2.24) is 24.9 Å². The summed E-state index contributed by atoms with van der Waals surface area (Å²) < 4.78 is 27.8. The second-order valence-electron chi connectivity index (χ2n) is 5.33. The predicted molar refractivity (Wildman–Crippen MR) is 82.5 cm³/mol. The summed E-state index contributed by atoms with van der Waals surface area (Å²) in [7, 11) is -1.84. The van der Waals surface area contributed by atoms with E-state index in [4.69, 9.17) is 0 Å². The molecule has 1 aromatic carbocycles. The zero-order valence-corrected chi connectivity index (χ0v) is 13.3. The number of benzene rings is 1. The second-order valence-corrected chi connectivity index (χ2v) is 7.50. The van der Waals surface area contributed by atoms with Gasteiger partial charge in [0.2, 0.25) is 16.0 Å². The molecule has 1 aliphatic rings. The molecule has 0 saturated carbocycles. The van der Waals surface area contributed by atoms with Crippen LogP contribution in [0.3, 0.4) is 0 Å². The molecule has 3 rings (SSSR count). The number of rotatable bonds is 4. The Morgan fingerprint density at radius 3 is 2.68 bits per heavy atom. The highest BCUT2D eigenvalue weighted by atomic mass is 32.2. The maximum Gasteiger partial charge on any atom is 0.250 e. The van der Waals surface area contributed by atoms with E-state index in [9.17, 15) is 8.42 Å². The Morgan fingerprint density at radius 2 is 2.00 bits per heavy atom. The van der Waals surface area contributed by atoms with Crippen LogP contribution in [-0.4, -0.2) is 54.0 Å². The van der Waals surface area contributed by atoms with Crippen molar-refractivity contribution in [3.8, 4) is 5.69 Å². The van der Waals surface area contributed by atoms with E-state index in [-0.39, 0.29) is 0 Å². The molecule has 0 bridgehead atoms. The minimum absolute atomic E-state index is 0.384. The van der Waals surface area contributed by atoms with Crippen LogP contribution in [0.5, 0.6) is 0 Å². The molecule has 0 spiro atoms. The Morgan fingerprint density at radius 1 is 1.27 bits per heavy atom. The maximum atomic E-state index is 11.9. The molecule has 1 fully saturated rings. The number of aryl methyl sites for hydroxylation is 1. The van der Waals surface area contributed by atoms with Gasteiger partial charge in [-0.05, 0) is 43.0 Å². The number of hydrogen-bond donors (Lipinski definition) is 1. The highest BCUT2D eigenvalue weighted by Crippen LogP contribution is 2.23. The van der Waals surface area contributed by atoms with Gasteiger partial charge in [-0.2, -0.15) is 4.68 Å². The highest BCUT2D eigenvalue weighted by Gasteiger charge is 2.34. The molecule has 2 aromatic rings. The first-order chi connectivity index (χ1) is 10.5. The van der Waals surface area contributed by atoms with E-state index in [1.807, 2.05) is 36.1 Å². The van der Waals surface area contributed by atoms with E-state index in [1.165, 1.54) is 7.05 Å². The molecule has 1 saturated heterocycles. The van der Waals surface area contributed by atoms with E-state index in [0.717, 1.165) is 11.3 Å². The number of nitrogens with zero attached hydrogens (tertiary/aromatic N) is 5. The Hall–Kier alpha value is -2.00.